The van der Waals surface area contributed by atoms with Gasteiger partial charge in [0.2, 0.25) is 0 Å². The van der Waals surface area contributed by atoms with E-state index in [-0.39, 0.29) is 11.7 Å². The Kier molecular flexibility index (Phi) is 5.76. The minimum atomic E-state index is 0.143. The smallest absolute Gasteiger partial charge is 0.160 e. The number of piperidine rings is 1. The minimum Gasteiger partial charge on any atom is -0.371 e. The van der Waals surface area contributed by atoms with E-state index in [4.69, 9.17) is 0 Å². The Morgan fingerprint density at radius 2 is 2.05 bits per heavy atom. The first kappa shape index (κ1) is 16.7. The van der Waals surface area contributed by atoms with E-state index in [2.05, 4.69) is 30.9 Å². The van der Waals surface area contributed by atoms with Crippen LogP contribution in [0.1, 0.15) is 56.0 Å². The second-order valence-corrected chi connectivity index (χ2v) is 6.58. The molecule has 1 aliphatic heterocycles. The van der Waals surface area contributed by atoms with Crippen LogP contribution < -0.4 is 4.90 Å². The highest BCUT2D eigenvalue weighted by Gasteiger charge is 2.20. The van der Waals surface area contributed by atoms with Gasteiger partial charge >= 0.3 is 0 Å². The standard InChI is InChI=1S/C19H27NO2/c1-4-14(2)11-17-12-18(5-6-19(17)15(3)22)20-9-7-16(13-21)8-10-20/h5-6,12-14,16H,4,7-11H2,1-3H3. The van der Waals surface area contributed by atoms with Gasteiger partial charge in [0.15, 0.2) is 5.78 Å². The second-order valence-electron chi connectivity index (χ2n) is 6.58. The maximum Gasteiger partial charge on any atom is 0.160 e. The highest BCUT2D eigenvalue weighted by Crippen LogP contribution is 2.26. The van der Waals surface area contributed by atoms with E-state index in [9.17, 15) is 9.59 Å². The summed E-state index contributed by atoms with van der Waals surface area (Å²) in [5.74, 6) is 0.936. The van der Waals surface area contributed by atoms with Gasteiger partial charge in [-0.3, -0.25) is 4.79 Å². The number of carbonyl (C=O) groups is 2. The van der Waals surface area contributed by atoms with Gasteiger partial charge in [0.1, 0.15) is 6.29 Å². The van der Waals surface area contributed by atoms with Crippen molar-refractivity contribution in [3.8, 4) is 0 Å². The van der Waals surface area contributed by atoms with E-state index in [1.807, 2.05) is 6.07 Å². The lowest BCUT2D eigenvalue weighted by atomic mass is 9.92. The van der Waals surface area contributed by atoms with Crippen LogP contribution in [-0.4, -0.2) is 25.2 Å². The number of benzene rings is 1. The number of carbonyl (C=O) groups excluding carboxylic acids is 2. The number of hydrogen-bond donors (Lipinski definition) is 0. The lowest BCUT2D eigenvalue weighted by molar-refractivity contribution is -0.111. The molecule has 1 aromatic rings. The molecule has 1 fully saturated rings. The molecule has 1 aromatic carbocycles. The summed E-state index contributed by atoms with van der Waals surface area (Å²) in [4.78, 5) is 25.1. The van der Waals surface area contributed by atoms with E-state index >= 15 is 0 Å². The van der Waals surface area contributed by atoms with Crippen LogP contribution >= 0.6 is 0 Å². The molecule has 3 nitrogen and oxygen atoms in total. The number of hydrogen-bond acceptors (Lipinski definition) is 3. The SMILES string of the molecule is CCC(C)Cc1cc(N2CCC(C=O)CC2)ccc1C(C)=O. The van der Waals surface area contributed by atoms with Crippen molar-refractivity contribution in [1.82, 2.24) is 0 Å². The number of rotatable bonds is 6. The topological polar surface area (TPSA) is 37.4 Å². The zero-order chi connectivity index (χ0) is 16.1. The Morgan fingerprint density at radius 1 is 1.36 bits per heavy atom. The first-order valence-electron chi connectivity index (χ1n) is 8.39. The molecule has 0 bridgehead atoms. The van der Waals surface area contributed by atoms with Crippen LogP contribution in [0.2, 0.25) is 0 Å². The van der Waals surface area contributed by atoms with Crippen molar-refractivity contribution in [3.05, 3.63) is 29.3 Å². The fourth-order valence-corrected chi connectivity index (χ4v) is 3.10. The summed E-state index contributed by atoms with van der Waals surface area (Å²) in [7, 11) is 0. The molecule has 2 rings (SSSR count). The van der Waals surface area contributed by atoms with Crippen LogP contribution in [0, 0.1) is 11.8 Å². The Morgan fingerprint density at radius 3 is 2.59 bits per heavy atom. The number of nitrogens with zero attached hydrogens (tertiary/aromatic N) is 1. The van der Waals surface area contributed by atoms with Crippen molar-refractivity contribution in [2.24, 2.45) is 11.8 Å². The van der Waals surface area contributed by atoms with Gasteiger partial charge in [0.25, 0.3) is 0 Å². The molecule has 22 heavy (non-hydrogen) atoms. The molecule has 3 heteroatoms. The number of ketones is 1. The first-order chi connectivity index (χ1) is 10.5. The third kappa shape index (κ3) is 3.96. The highest BCUT2D eigenvalue weighted by molar-refractivity contribution is 5.96. The van der Waals surface area contributed by atoms with Crippen LogP contribution in [-0.2, 0) is 11.2 Å². The monoisotopic (exact) mass is 301 g/mol. The Labute approximate surface area is 133 Å². The molecule has 0 amide bonds. The molecular weight excluding hydrogens is 274 g/mol. The van der Waals surface area contributed by atoms with Gasteiger partial charge in [-0.2, -0.15) is 0 Å². The average molecular weight is 301 g/mol. The maximum atomic E-state index is 11.9. The Balaban J connectivity index is 2.21. The average Bonchev–Trinajstić information content (AvgIpc) is 2.54. The lowest BCUT2D eigenvalue weighted by Gasteiger charge is -2.32. The van der Waals surface area contributed by atoms with E-state index in [0.717, 1.165) is 56.2 Å². The molecule has 120 valence electrons. The maximum absolute atomic E-state index is 11.9. The molecule has 1 heterocycles. The largest absolute Gasteiger partial charge is 0.371 e. The minimum absolute atomic E-state index is 0.143. The third-order valence-corrected chi connectivity index (χ3v) is 4.83. The van der Waals surface area contributed by atoms with Crippen LogP contribution in [0.3, 0.4) is 0 Å². The Bertz CT molecular complexity index is 530. The lowest BCUT2D eigenvalue weighted by Crippen LogP contribution is -2.34. The van der Waals surface area contributed by atoms with E-state index in [1.54, 1.807) is 6.92 Å². The second kappa shape index (κ2) is 7.57. The van der Waals surface area contributed by atoms with Gasteiger partial charge in [-0.1, -0.05) is 20.3 Å². The molecule has 1 unspecified atom stereocenters. The van der Waals surface area contributed by atoms with Crippen LogP contribution in [0.5, 0.6) is 0 Å². The predicted molar refractivity (Wildman–Crippen MR) is 90.6 cm³/mol. The summed E-state index contributed by atoms with van der Waals surface area (Å²) in [6.45, 7) is 7.90. The molecule has 1 saturated heterocycles. The molecule has 1 aliphatic rings. The fraction of sp³-hybridized carbons (Fsp3) is 0.579. The van der Waals surface area contributed by atoms with Crippen LogP contribution in [0.4, 0.5) is 5.69 Å². The van der Waals surface area contributed by atoms with Crippen molar-refractivity contribution in [2.75, 3.05) is 18.0 Å². The first-order valence-corrected chi connectivity index (χ1v) is 8.39. The molecular formula is C19H27NO2. The van der Waals surface area contributed by atoms with Gasteiger partial charge in [-0.05, 0) is 55.9 Å². The molecule has 0 N–H and O–H groups in total. The van der Waals surface area contributed by atoms with Gasteiger partial charge in [0.05, 0.1) is 0 Å². The zero-order valence-electron chi connectivity index (χ0n) is 14.0. The van der Waals surface area contributed by atoms with Crippen molar-refractivity contribution < 1.29 is 9.59 Å². The van der Waals surface area contributed by atoms with E-state index in [0.29, 0.717) is 5.92 Å². The van der Waals surface area contributed by atoms with E-state index < -0.39 is 0 Å². The van der Waals surface area contributed by atoms with Crippen molar-refractivity contribution >= 4 is 17.8 Å². The molecule has 0 aliphatic carbocycles. The fourth-order valence-electron chi connectivity index (χ4n) is 3.10. The zero-order valence-corrected chi connectivity index (χ0v) is 14.0. The molecule has 0 spiro atoms. The highest BCUT2D eigenvalue weighted by atomic mass is 16.1. The molecule has 0 saturated carbocycles. The van der Waals surface area contributed by atoms with Gasteiger partial charge in [-0.25, -0.2) is 0 Å². The third-order valence-electron chi connectivity index (χ3n) is 4.83. The summed E-state index contributed by atoms with van der Waals surface area (Å²) in [5.41, 5.74) is 3.20. The summed E-state index contributed by atoms with van der Waals surface area (Å²) >= 11 is 0. The van der Waals surface area contributed by atoms with E-state index in [1.165, 1.54) is 5.69 Å². The van der Waals surface area contributed by atoms with Crippen LogP contribution in [0.25, 0.3) is 0 Å². The molecule has 1 atom stereocenters. The van der Waals surface area contributed by atoms with Crippen LogP contribution in [0.15, 0.2) is 18.2 Å². The quantitative estimate of drug-likeness (QED) is 0.591. The number of aldehydes is 1. The number of Topliss-reactive ketones (excluding diaryl/α,β-unsaturated/α-hetero) is 1. The Hall–Kier alpha value is -1.64. The van der Waals surface area contributed by atoms with Crippen molar-refractivity contribution in [1.29, 1.82) is 0 Å². The summed E-state index contributed by atoms with van der Waals surface area (Å²) in [5, 5.41) is 0. The summed E-state index contributed by atoms with van der Waals surface area (Å²) in [6.07, 6.45) is 5.01. The number of anilines is 1. The predicted octanol–water partition coefficient (Wildman–Crippen LogP) is 3.89. The van der Waals surface area contributed by atoms with Crippen molar-refractivity contribution in [2.45, 2.75) is 46.5 Å². The normalized spacial score (nSPS) is 17.3. The van der Waals surface area contributed by atoms with Gasteiger partial charge in [-0.15, -0.1) is 0 Å². The summed E-state index contributed by atoms with van der Waals surface area (Å²) in [6, 6.07) is 6.21. The van der Waals surface area contributed by atoms with Gasteiger partial charge < -0.3 is 9.69 Å². The van der Waals surface area contributed by atoms with Crippen molar-refractivity contribution in [3.63, 3.8) is 0 Å². The summed E-state index contributed by atoms with van der Waals surface area (Å²) < 4.78 is 0. The van der Waals surface area contributed by atoms with Gasteiger partial charge in [0, 0.05) is 30.3 Å². The molecule has 0 radical (unpaired) electrons. The molecule has 0 aromatic heterocycles.